The molecule has 0 aromatic carbocycles. The largest absolute Gasteiger partial charge is 0.338 e. The molecule has 1 heterocycles. The first-order valence-corrected chi connectivity index (χ1v) is 5.28. The Bertz CT molecular complexity index is 391. The third kappa shape index (κ3) is 0.794. The molecular weight excluding hydrogens is 174 g/mol. The van der Waals surface area contributed by atoms with Crippen molar-refractivity contribution in [2.75, 3.05) is 13.6 Å². The second kappa shape index (κ2) is 2.30. The van der Waals surface area contributed by atoms with E-state index in [1.807, 2.05) is 11.9 Å². The zero-order chi connectivity index (χ0) is 10.0. The minimum Gasteiger partial charge on any atom is -0.338 e. The van der Waals surface area contributed by atoms with Crippen LogP contribution in [-0.2, 0) is 4.79 Å². The normalized spacial score (nSPS) is 39.6. The molecular formula is C12H15NO. The molecule has 3 aliphatic rings. The van der Waals surface area contributed by atoms with Crippen LogP contribution in [0.25, 0.3) is 0 Å². The molecule has 2 aliphatic carbocycles. The molecule has 0 saturated heterocycles. The molecule has 1 fully saturated rings. The molecule has 1 aliphatic heterocycles. The van der Waals surface area contributed by atoms with E-state index in [-0.39, 0.29) is 5.91 Å². The summed E-state index contributed by atoms with van der Waals surface area (Å²) >= 11 is 0. The topological polar surface area (TPSA) is 20.3 Å². The van der Waals surface area contributed by atoms with Crippen LogP contribution in [0.3, 0.4) is 0 Å². The van der Waals surface area contributed by atoms with Crippen LogP contribution in [0.5, 0.6) is 0 Å². The lowest BCUT2D eigenvalue weighted by Gasteiger charge is -2.08. The number of hydrogen-bond acceptors (Lipinski definition) is 1. The maximum atomic E-state index is 11.9. The van der Waals surface area contributed by atoms with E-state index in [4.69, 9.17) is 0 Å². The highest BCUT2D eigenvalue weighted by atomic mass is 16.2. The fourth-order valence-corrected chi connectivity index (χ4v) is 3.21. The van der Waals surface area contributed by atoms with Crippen LogP contribution in [0.1, 0.15) is 13.8 Å². The predicted octanol–water partition coefficient (Wildman–Crippen LogP) is 1.60. The van der Waals surface area contributed by atoms with E-state index >= 15 is 0 Å². The Kier molecular flexibility index (Phi) is 1.36. The third-order valence-corrected chi connectivity index (χ3v) is 3.97. The number of carbonyl (C=O) groups is 1. The summed E-state index contributed by atoms with van der Waals surface area (Å²) in [5.74, 6) is 2.17. The zero-order valence-corrected chi connectivity index (χ0v) is 8.87. The predicted molar refractivity (Wildman–Crippen MR) is 54.6 cm³/mol. The minimum atomic E-state index is 0.267. The Morgan fingerprint density at radius 2 is 2.14 bits per heavy atom. The van der Waals surface area contributed by atoms with Gasteiger partial charge >= 0.3 is 0 Å². The molecule has 3 rings (SSSR count). The van der Waals surface area contributed by atoms with Gasteiger partial charge in [-0.15, -0.1) is 0 Å². The van der Waals surface area contributed by atoms with Crippen molar-refractivity contribution in [1.29, 1.82) is 0 Å². The maximum absolute atomic E-state index is 11.9. The van der Waals surface area contributed by atoms with Crippen LogP contribution in [0.15, 0.2) is 22.8 Å². The molecule has 0 N–H and O–H groups in total. The summed E-state index contributed by atoms with van der Waals surface area (Å²) in [6.45, 7) is 5.28. The Morgan fingerprint density at radius 1 is 1.43 bits per heavy atom. The van der Waals surface area contributed by atoms with E-state index in [0.29, 0.717) is 17.8 Å². The van der Waals surface area contributed by atoms with Gasteiger partial charge in [-0.1, -0.05) is 18.6 Å². The van der Waals surface area contributed by atoms with Gasteiger partial charge in [0.1, 0.15) is 0 Å². The van der Waals surface area contributed by atoms with Crippen LogP contribution in [0, 0.1) is 17.8 Å². The number of fused-ring (bicyclic) bond motifs is 2. The van der Waals surface area contributed by atoms with Gasteiger partial charge < -0.3 is 4.90 Å². The highest BCUT2D eigenvalue weighted by molar-refractivity contribution is 5.99. The molecule has 0 aromatic heterocycles. The number of likely N-dealkylation sites (N-methyl/N-ethyl adjacent to an activating group) is 1. The molecule has 3 unspecified atom stereocenters. The number of rotatable bonds is 0. The van der Waals surface area contributed by atoms with Gasteiger partial charge in [0, 0.05) is 19.2 Å². The summed E-state index contributed by atoms with van der Waals surface area (Å²) in [5, 5.41) is 0. The van der Waals surface area contributed by atoms with E-state index in [2.05, 4.69) is 19.9 Å². The molecule has 1 amide bonds. The molecule has 0 radical (unpaired) electrons. The Balaban J connectivity index is 2.08. The van der Waals surface area contributed by atoms with Crippen molar-refractivity contribution in [3.8, 4) is 0 Å². The summed E-state index contributed by atoms with van der Waals surface area (Å²) in [4.78, 5) is 13.7. The van der Waals surface area contributed by atoms with Crippen molar-refractivity contribution < 1.29 is 4.79 Å². The monoisotopic (exact) mass is 189 g/mol. The second-order valence-corrected chi connectivity index (χ2v) is 4.90. The lowest BCUT2D eigenvalue weighted by molar-refractivity contribution is -0.124. The number of amides is 1. The Morgan fingerprint density at radius 3 is 2.86 bits per heavy atom. The lowest BCUT2D eigenvalue weighted by Crippen LogP contribution is -2.22. The van der Waals surface area contributed by atoms with Crippen LogP contribution in [-0.4, -0.2) is 24.4 Å². The maximum Gasteiger partial charge on any atom is 0.250 e. The van der Waals surface area contributed by atoms with Crippen molar-refractivity contribution >= 4 is 5.91 Å². The standard InChI is InChI=1S/C12H15NO/c1-6-4-8-5-13(3)12(14)11(8)10-7(2)9(6)10/h4,7,9-10H,5H2,1-3H3. The van der Waals surface area contributed by atoms with Crippen LogP contribution in [0.4, 0.5) is 0 Å². The first-order valence-electron chi connectivity index (χ1n) is 5.28. The van der Waals surface area contributed by atoms with Gasteiger partial charge in [0.15, 0.2) is 0 Å². The molecule has 1 saturated carbocycles. The second-order valence-electron chi connectivity index (χ2n) is 4.90. The fraction of sp³-hybridized carbons (Fsp3) is 0.583. The molecule has 0 bridgehead atoms. The van der Waals surface area contributed by atoms with Gasteiger partial charge in [-0.3, -0.25) is 4.79 Å². The lowest BCUT2D eigenvalue weighted by atomic mass is 9.95. The van der Waals surface area contributed by atoms with Gasteiger partial charge in [0.25, 0.3) is 0 Å². The van der Waals surface area contributed by atoms with Gasteiger partial charge in [0.2, 0.25) is 5.91 Å². The number of nitrogens with zero attached hydrogens (tertiary/aromatic N) is 1. The van der Waals surface area contributed by atoms with Crippen LogP contribution < -0.4 is 0 Å². The molecule has 14 heavy (non-hydrogen) atoms. The average molecular weight is 189 g/mol. The van der Waals surface area contributed by atoms with Crippen LogP contribution >= 0.6 is 0 Å². The molecule has 0 spiro atoms. The van der Waals surface area contributed by atoms with Gasteiger partial charge in [-0.05, 0) is 30.3 Å². The average Bonchev–Trinajstić information content (AvgIpc) is 2.69. The molecule has 74 valence electrons. The molecule has 0 aromatic rings. The van der Waals surface area contributed by atoms with Crippen molar-refractivity contribution in [2.24, 2.45) is 17.8 Å². The quantitative estimate of drug-likeness (QED) is 0.566. The third-order valence-electron chi connectivity index (χ3n) is 3.97. The van der Waals surface area contributed by atoms with Gasteiger partial charge in [-0.2, -0.15) is 0 Å². The number of carbonyl (C=O) groups excluding carboxylic acids is 1. The first kappa shape index (κ1) is 8.27. The van der Waals surface area contributed by atoms with Crippen molar-refractivity contribution in [3.05, 3.63) is 22.8 Å². The van der Waals surface area contributed by atoms with Gasteiger partial charge in [0.05, 0.1) is 0 Å². The molecule has 2 nitrogen and oxygen atoms in total. The van der Waals surface area contributed by atoms with E-state index in [1.165, 1.54) is 11.1 Å². The highest BCUT2D eigenvalue weighted by Crippen LogP contribution is 2.59. The zero-order valence-electron chi connectivity index (χ0n) is 8.87. The number of hydrogen-bond donors (Lipinski definition) is 0. The summed E-state index contributed by atoms with van der Waals surface area (Å²) in [6, 6.07) is 0. The van der Waals surface area contributed by atoms with Crippen molar-refractivity contribution in [3.63, 3.8) is 0 Å². The Hall–Kier alpha value is -1.05. The highest BCUT2D eigenvalue weighted by Gasteiger charge is 2.55. The van der Waals surface area contributed by atoms with E-state index in [0.717, 1.165) is 12.1 Å². The van der Waals surface area contributed by atoms with Crippen LogP contribution in [0.2, 0.25) is 0 Å². The molecule has 2 heteroatoms. The SMILES string of the molecule is CC1=CC2=C(C(=O)N(C)C2)C2C(C)C12. The van der Waals surface area contributed by atoms with Gasteiger partial charge in [-0.25, -0.2) is 0 Å². The van der Waals surface area contributed by atoms with Crippen molar-refractivity contribution in [2.45, 2.75) is 13.8 Å². The summed E-state index contributed by atoms with van der Waals surface area (Å²) < 4.78 is 0. The number of allylic oxidation sites excluding steroid dienone is 1. The summed E-state index contributed by atoms with van der Waals surface area (Å²) in [6.07, 6.45) is 2.24. The summed E-state index contributed by atoms with van der Waals surface area (Å²) in [5.41, 5.74) is 3.88. The van der Waals surface area contributed by atoms with E-state index in [9.17, 15) is 4.79 Å². The Labute approximate surface area is 84.3 Å². The van der Waals surface area contributed by atoms with E-state index in [1.54, 1.807) is 0 Å². The molecule has 3 atom stereocenters. The summed E-state index contributed by atoms with van der Waals surface area (Å²) in [7, 11) is 1.89. The first-order chi connectivity index (χ1) is 6.61. The smallest absolute Gasteiger partial charge is 0.250 e. The fourth-order valence-electron chi connectivity index (χ4n) is 3.21. The minimum absolute atomic E-state index is 0.267. The van der Waals surface area contributed by atoms with E-state index < -0.39 is 0 Å². The van der Waals surface area contributed by atoms with Crippen molar-refractivity contribution in [1.82, 2.24) is 4.90 Å².